The molecule has 102 valence electrons. The molecule has 7 heteroatoms. The summed E-state index contributed by atoms with van der Waals surface area (Å²) < 4.78 is 5.51. The molecule has 0 amide bonds. The summed E-state index contributed by atoms with van der Waals surface area (Å²) in [5, 5.41) is 0. The molecule has 0 unspecified atom stereocenters. The molecule has 0 aromatic carbocycles. The van der Waals surface area contributed by atoms with Crippen molar-refractivity contribution < 1.29 is 4.74 Å². The summed E-state index contributed by atoms with van der Waals surface area (Å²) in [7, 11) is 0. The fraction of sp³-hybridized carbons (Fsp3) is 0.583. The van der Waals surface area contributed by atoms with Crippen LogP contribution in [0.4, 0.5) is 0 Å². The average molecular weight is 264 g/mol. The molecule has 0 atom stereocenters. The molecular weight excluding hydrogens is 248 g/mol. The zero-order chi connectivity index (χ0) is 13.4. The van der Waals surface area contributed by atoms with E-state index in [2.05, 4.69) is 19.9 Å². The van der Waals surface area contributed by atoms with Crippen molar-refractivity contribution in [2.45, 2.75) is 32.3 Å². The Morgan fingerprint density at radius 3 is 2.79 bits per heavy atom. The Morgan fingerprint density at radius 2 is 2.05 bits per heavy atom. The van der Waals surface area contributed by atoms with Gasteiger partial charge in [0.05, 0.1) is 6.10 Å². The average Bonchev–Trinajstić information content (AvgIpc) is 2.69. The molecule has 3 rings (SSSR count). The fourth-order valence-corrected chi connectivity index (χ4v) is 2.56. The van der Waals surface area contributed by atoms with Crippen LogP contribution >= 0.6 is 0 Å². The van der Waals surface area contributed by atoms with Crippen LogP contribution in [0.5, 0.6) is 0 Å². The fourth-order valence-electron chi connectivity index (χ4n) is 2.56. The Hall–Kier alpha value is -1.89. The molecule has 2 heterocycles. The number of fused-ring (bicyclic) bond motifs is 1. The first-order valence-electron chi connectivity index (χ1n) is 6.48. The number of nitrogens with zero attached hydrogens (tertiary/aromatic N) is 1. The van der Waals surface area contributed by atoms with Gasteiger partial charge in [0.2, 0.25) is 0 Å². The van der Waals surface area contributed by atoms with E-state index < -0.39 is 11.2 Å². The van der Waals surface area contributed by atoms with Crippen molar-refractivity contribution in [3.8, 4) is 0 Å². The Bertz CT molecular complexity index is 693. The van der Waals surface area contributed by atoms with E-state index in [1.54, 1.807) is 0 Å². The predicted octanol–water partition coefficient (Wildman–Crippen LogP) is 0.297. The molecule has 2 aromatic rings. The lowest BCUT2D eigenvalue weighted by atomic mass is 9.80. The summed E-state index contributed by atoms with van der Waals surface area (Å²) in [6.07, 6.45) is 3.19. The van der Waals surface area contributed by atoms with Crippen LogP contribution < -0.4 is 11.2 Å². The summed E-state index contributed by atoms with van der Waals surface area (Å²) in [5.41, 5.74) is -0.311. The van der Waals surface area contributed by atoms with E-state index in [1.807, 2.05) is 6.92 Å². The largest absolute Gasteiger partial charge is 0.378 e. The van der Waals surface area contributed by atoms with Crippen LogP contribution in [0.15, 0.2) is 9.59 Å². The topological polar surface area (TPSA) is 104 Å². The second-order valence-corrected chi connectivity index (χ2v) is 4.93. The van der Waals surface area contributed by atoms with Crippen molar-refractivity contribution in [2.24, 2.45) is 5.92 Å². The number of aromatic nitrogens is 4. The third-order valence-electron chi connectivity index (χ3n) is 3.52. The Labute approximate surface area is 108 Å². The van der Waals surface area contributed by atoms with Crippen molar-refractivity contribution >= 4 is 11.2 Å². The van der Waals surface area contributed by atoms with Gasteiger partial charge in [-0.3, -0.25) is 14.8 Å². The highest BCUT2D eigenvalue weighted by Crippen LogP contribution is 2.32. The second kappa shape index (κ2) is 4.65. The van der Waals surface area contributed by atoms with Gasteiger partial charge in [0.1, 0.15) is 11.3 Å². The number of hydrogen-bond donors (Lipinski definition) is 3. The zero-order valence-electron chi connectivity index (χ0n) is 10.7. The Kier molecular flexibility index (Phi) is 2.98. The number of H-pyrrole nitrogens is 3. The highest BCUT2D eigenvalue weighted by Gasteiger charge is 2.30. The van der Waals surface area contributed by atoms with Gasteiger partial charge in [-0.2, -0.15) is 0 Å². The molecule has 0 radical (unpaired) electrons. The number of nitrogens with one attached hydrogen (secondary N) is 3. The molecule has 1 aliphatic rings. The summed E-state index contributed by atoms with van der Waals surface area (Å²) in [4.78, 5) is 34.6. The predicted molar refractivity (Wildman–Crippen MR) is 69.2 cm³/mol. The van der Waals surface area contributed by atoms with E-state index in [4.69, 9.17) is 4.74 Å². The Balaban J connectivity index is 1.75. The quantitative estimate of drug-likeness (QED) is 0.738. The number of aromatic amines is 3. The molecule has 0 aliphatic heterocycles. The van der Waals surface area contributed by atoms with E-state index in [0.29, 0.717) is 23.2 Å². The molecule has 0 spiro atoms. The molecule has 7 nitrogen and oxygen atoms in total. The van der Waals surface area contributed by atoms with Crippen molar-refractivity contribution in [3.63, 3.8) is 0 Å². The maximum Gasteiger partial charge on any atom is 0.327 e. The minimum atomic E-state index is -0.532. The minimum absolute atomic E-state index is 0.324. The first-order valence-corrected chi connectivity index (χ1v) is 6.48. The van der Waals surface area contributed by atoms with Crippen molar-refractivity contribution in [1.82, 2.24) is 19.9 Å². The monoisotopic (exact) mass is 264 g/mol. The molecule has 19 heavy (non-hydrogen) atoms. The third-order valence-corrected chi connectivity index (χ3v) is 3.52. The molecular formula is C12H16N4O3. The maximum absolute atomic E-state index is 11.6. The van der Waals surface area contributed by atoms with Gasteiger partial charge in [0, 0.05) is 13.0 Å². The van der Waals surface area contributed by atoms with Gasteiger partial charge >= 0.3 is 5.69 Å². The SMILES string of the molecule is CCOC1CC(Cc2nc3[nH]c(=O)[nH]c(=O)c3[nH]2)C1. The molecule has 1 saturated carbocycles. The van der Waals surface area contributed by atoms with E-state index in [-0.39, 0.29) is 0 Å². The van der Waals surface area contributed by atoms with Gasteiger partial charge in [-0.15, -0.1) is 0 Å². The lowest BCUT2D eigenvalue weighted by Gasteiger charge is -2.34. The van der Waals surface area contributed by atoms with Gasteiger partial charge < -0.3 is 9.72 Å². The summed E-state index contributed by atoms with van der Waals surface area (Å²) in [6.45, 7) is 2.74. The summed E-state index contributed by atoms with van der Waals surface area (Å²) >= 11 is 0. The lowest BCUT2D eigenvalue weighted by molar-refractivity contribution is -0.0244. The van der Waals surface area contributed by atoms with E-state index in [9.17, 15) is 9.59 Å². The smallest absolute Gasteiger partial charge is 0.327 e. The standard InChI is InChI=1S/C12H16N4O3/c1-2-19-7-3-6(4-7)5-8-13-9-10(14-8)15-12(18)16-11(9)17/h6-7H,2-5H2,1H3,(H3,13,14,15,16,17,18). The molecule has 0 bridgehead atoms. The lowest BCUT2D eigenvalue weighted by Crippen LogP contribution is -2.32. The van der Waals surface area contributed by atoms with Gasteiger partial charge in [-0.25, -0.2) is 9.78 Å². The maximum atomic E-state index is 11.6. The highest BCUT2D eigenvalue weighted by atomic mass is 16.5. The first-order chi connectivity index (χ1) is 9.15. The van der Waals surface area contributed by atoms with Crippen LogP contribution in [0, 0.1) is 5.92 Å². The zero-order valence-corrected chi connectivity index (χ0v) is 10.7. The Morgan fingerprint density at radius 1 is 1.26 bits per heavy atom. The van der Waals surface area contributed by atoms with Crippen molar-refractivity contribution in [2.75, 3.05) is 6.61 Å². The van der Waals surface area contributed by atoms with Crippen LogP contribution in [0.1, 0.15) is 25.6 Å². The highest BCUT2D eigenvalue weighted by molar-refractivity contribution is 5.68. The summed E-state index contributed by atoms with van der Waals surface area (Å²) in [5.74, 6) is 1.27. The molecule has 1 aliphatic carbocycles. The number of imidazole rings is 1. The number of ether oxygens (including phenoxy) is 1. The number of rotatable bonds is 4. The van der Waals surface area contributed by atoms with Gasteiger partial charge in [-0.1, -0.05) is 0 Å². The molecule has 1 fully saturated rings. The van der Waals surface area contributed by atoms with Crippen molar-refractivity contribution in [1.29, 1.82) is 0 Å². The van der Waals surface area contributed by atoms with E-state index >= 15 is 0 Å². The molecule has 3 N–H and O–H groups in total. The van der Waals surface area contributed by atoms with Crippen LogP contribution in [0.25, 0.3) is 11.2 Å². The van der Waals surface area contributed by atoms with E-state index in [1.165, 1.54) is 0 Å². The van der Waals surface area contributed by atoms with E-state index in [0.717, 1.165) is 31.7 Å². The third kappa shape index (κ3) is 2.33. The van der Waals surface area contributed by atoms with Crippen LogP contribution in [0.2, 0.25) is 0 Å². The molecule has 0 saturated heterocycles. The van der Waals surface area contributed by atoms with Crippen LogP contribution in [-0.2, 0) is 11.2 Å². The second-order valence-electron chi connectivity index (χ2n) is 4.93. The first kappa shape index (κ1) is 12.2. The number of hydrogen-bond acceptors (Lipinski definition) is 4. The van der Waals surface area contributed by atoms with Gasteiger partial charge in [-0.05, 0) is 25.7 Å². The van der Waals surface area contributed by atoms with Crippen LogP contribution in [0.3, 0.4) is 0 Å². The van der Waals surface area contributed by atoms with Gasteiger partial charge in [0.25, 0.3) is 5.56 Å². The minimum Gasteiger partial charge on any atom is -0.378 e. The van der Waals surface area contributed by atoms with Crippen LogP contribution in [-0.4, -0.2) is 32.6 Å². The molecule has 2 aromatic heterocycles. The summed E-state index contributed by atoms with van der Waals surface area (Å²) in [6, 6.07) is 0. The van der Waals surface area contributed by atoms with Crippen molar-refractivity contribution in [3.05, 3.63) is 26.7 Å². The normalized spacial score (nSPS) is 22.6. The van der Waals surface area contributed by atoms with Gasteiger partial charge in [0.15, 0.2) is 5.65 Å².